The number of aryl methyl sites for hydroxylation is 1. The number of benzene rings is 1. The molecule has 0 saturated heterocycles. The zero-order valence-electron chi connectivity index (χ0n) is 15.7. The van der Waals surface area contributed by atoms with Crippen LogP contribution in [0.5, 0.6) is 0 Å². The summed E-state index contributed by atoms with van der Waals surface area (Å²) in [6.45, 7) is 3.88. The van der Waals surface area contributed by atoms with Gasteiger partial charge >= 0.3 is 0 Å². The van der Waals surface area contributed by atoms with Gasteiger partial charge in [-0.1, -0.05) is 48.4 Å². The Hall–Kier alpha value is -2.64. The van der Waals surface area contributed by atoms with Crippen LogP contribution >= 0.6 is 11.6 Å². The first-order chi connectivity index (χ1) is 13.1. The Labute approximate surface area is 169 Å². The van der Waals surface area contributed by atoms with Crippen molar-refractivity contribution in [2.24, 2.45) is 0 Å². The molecular weight excluding hydrogens is 398 g/mol. The molecule has 2 heterocycles. The molecule has 0 aliphatic rings. The summed E-state index contributed by atoms with van der Waals surface area (Å²) in [5.74, 6) is -0.339. The first-order valence-electron chi connectivity index (χ1n) is 8.57. The largest absolute Gasteiger partial charge is 0.354 e. The molecule has 6 nitrogen and oxygen atoms in total. The number of nitrogens with zero attached hydrogens (tertiary/aromatic N) is 1. The molecule has 3 aromatic rings. The number of hydrogen-bond acceptors (Lipinski definition) is 4. The molecule has 0 aliphatic carbocycles. The molecule has 0 spiro atoms. The van der Waals surface area contributed by atoms with Crippen LogP contribution in [-0.4, -0.2) is 30.4 Å². The Morgan fingerprint density at radius 2 is 1.86 bits per heavy atom. The molecular formula is C20H20ClN3O3S. The molecule has 146 valence electrons. The zero-order valence-corrected chi connectivity index (χ0v) is 17.2. The molecule has 3 rings (SSSR count). The van der Waals surface area contributed by atoms with Crippen LogP contribution in [0.2, 0.25) is 5.02 Å². The number of nitrogens with one attached hydrogen (secondary N) is 2. The van der Waals surface area contributed by atoms with Crippen LogP contribution < -0.4 is 4.72 Å². The second-order valence-corrected chi connectivity index (χ2v) is 8.87. The van der Waals surface area contributed by atoms with Crippen molar-refractivity contribution in [3.8, 4) is 0 Å². The zero-order chi connectivity index (χ0) is 20.5. The van der Waals surface area contributed by atoms with E-state index in [4.69, 9.17) is 11.6 Å². The standard InChI is InChI=1S/C20H20ClN3O3S/c1-12-4-6-14(7-5-12)20(25)19-16(21)10-18(23-19)13(2)17-9-8-15(11-22-17)24-28(3,26)27/h4-11,13,23-24H,1-3H3. The fourth-order valence-corrected chi connectivity index (χ4v) is 3.59. The lowest BCUT2D eigenvalue weighted by Gasteiger charge is -2.10. The lowest BCUT2D eigenvalue weighted by molar-refractivity contribution is 0.103. The van der Waals surface area contributed by atoms with Crippen LogP contribution in [0.3, 0.4) is 0 Å². The van der Waals surface area contributed by atoms with Crippen LogP contribution in [0.4, 0.5) is 5.69 Å². The number of sulfonamides is 1. The van der Waals surface area contributed by atoms with Gasteiger partial charge in [-0.05, 0) is 25.1 Å². The molecule has 0 saturated carbocycles. The summed E-state index contributed by atoms with van der Waals surface area (Å²) in [5, 5.41) is 0.350. The van der Waals surface area contributed by atoms with E-state index >= 15 is 0 Å². The van der Waals surface area contributed by atoms with E-state index in [9.17, 15) is 13.2 Å². The summed E-state index contributed by atoms with van der Waals surface area (Å²) in [5.41, 5.74) is 3.82. The Morgan fingerprint density at radius 3 is 2.43 bits per heavy atom. The maximum atomic E-state index is 12.7. The number of pyridine rings is 1. The van der Waals surface area contributed by atoms with Crippen molar-refractivity contribution in [1.29, 1.82) is 0 Å². The van der Waals surface area contributed by atoms with E-state index in [0.717, 1.165) is 17.5 Å². The number of hydrogen-bond donors (Lipinski definition) is 2. The van der Waals surface area contributed by atoms with Gasteiger partial charge in [0.05, 0.1) is 23.2 Å². The Bertz CT molecular complexity index is 1100. The summed E-state index contributed by atoms with van der Waals surface area (Å²) in [7, 11) is -3.35. The van der Waals surface area contributed by atoms with Crippen molar-refractivity contribution in [1.82, 2.24) is 9.97 Å². The average Bonchev–Trinajstić information content (AvgIpc) is 3.02. The molecule has 0 bridgehead atoms. The SMILES string of the molecule is Cc1ccc(C(=O)c2[nH]c(C(C)c3ccc(NS(C)(=O)=O)cn3)cc2Cl)cc1. The molecule has 2 aromatic heterocycles. The molecule has 8 heteroatoms. The van der Waals surface area contributed by atoms with Gasteiger partial charge in [0, 0.05) is 22.9 Å². The monoisotopic (exact) mass is 417 g/mol. The van der Waals surface area contributed by atoms with E-state index in [0.29, 0.717) is 27.7 Å². The van der Waals surface area contributed by atoms with Gasteiger partial charge in [0.1, 0.15) is 5.69 Å². The molecule has 1 aromatic carbocycles. The first kappa shape index (κ1) is 20.1. The maximum absolute atomic E-state index is 12.7. The summed E-state index contributed by atoms with van der Waals surface area (Å²) in [6, 6.07) is 12.4. The second-order valence-electron chi connectivity index (χ2n) is 6.71. The van der Waals surface area contributed by atoms with Crippen molar-refractivity contribution >= 4 is 33.1 Å². The van der Waals surface area contributed by atoms with E-state index < -0.39 is 10.0 Å². The summed E-state index contributed by atoms with van der Waals surface area (Å²) in [4.78, 5) is 20.2. The highest BCUT2D eigenvalue weighted by Crippen LogP contribution is 2.28. The number of rotatable bonds is 6. The van der Waals surface area contributed by atoms with Gasteiger partial charge in [0.15, 0.2) is 0 Å². The maximum Gasteiger partial charge on any atom is 0.229 e. The van der Waals surface area contributed by atoms with Gasteiger partial charge < -0.3 is 4.98 Å². The quantitative estimate of drug-likeness (QED) is 0.590. The first-order valence-corrected chi connectivity index (χ1v) is 10.8. The van der Waals surface area contributed by atoms with Crippen LogP contribution in [0, 0.1) is 6.92 Å². The lowest BCUT2D eigenvalue weighted by Crippen LogP contribution is -2.10. The number of aromatic amines is 1. The van der Waals surface area contributed by atoms with E-state index in [1.54, 1.807) is 30.3 Å². The van der Waals surface area contributed by atoms with Gasteiger partial charge in [-0.25, -0.2) is 8.42 Å². The van der Waals surface area contributed by atoms with Crippen molar-refractivity contribution < 1.29 is 13.2 Å². The molecule has 0 aliphatic heterocycles. The van der Waals surface area contributed by atoms with Crippen LogP contribution in [0.25, 0.3) is 0 Å². The third kappa shape index (κ3) is 4.61. The number of carbonyl (C=O) groups is 1. The fourth-order valence-electron chi connectivity index (χ4n) is 2.79. The van der Waals surface area contributed by atoms with Gasteiger partial charge in [-0.15, -0.1) is 0 Å². The highest BCUT2D eigenvalue weighted by atomic mass is 35.5. The molecule has 1 unspecified atom stereocenters. The number of H-pyrrole nitrogens is 1. The highest BCUT2D eigenvalue weighted by Gasteiger charge is 2.20. The van der Waals surface area contributed by atoms with Crippen molar-refractivity contribution in [3.05, 3.63) is 81.9 Å². The highest BCUT2D eigenvalue weighted by molar-refractivity contribution is 7.92. The minimum absolute atomic E-state index is 0.163. The second kappa shape index (κ2) is 7.77. The Kier molecular flexibility index (Phi) is 5.58. The van der Waals surface area contributed by atoms with E-state index in [2.05, 4.69) is 14.7 Å². The number of aromatic nitrogens is 2. The molecule has 0 amide bonds. The van der Waals surface area contributed by atoms with Gasteiger partial charge in [0.2, 0.25) is 15.8 Å². The van der Waals surface area contributed by atoms with Crippen molar-refractivity contribution in [2.45, 2.75) is 19.8 Å². The van der Waals surface area contributed by atoms with Crippen LogP contribution in [0.15, 0.2) is 48.7 Å². The van der Waals surface area contributed by atoms with Crippen LogP contribution in [0.1, 0.15) is 45.8 Å². The smallest absolute Gasteiger partial charge is 0.229 e. The molecule has 2 N–H and O–H groups in total. The Balaban J connectivity index is 1.83. The minimum Gasteiger partial charge on any atom is -0.354 e. The molecule has 0 fully saturated rings. The molecule has 0 radical (unpaired) electrons. The summed E-state index contributed by atoms with van der Waals surface area (Å²) >= 11 is 6.30. The lowest BCUT2D eigenvalue weighted by atomic mass is 10.0. The fraction of sp³-hybridized carbons (Fsp3) is 0.200. The van der Waals surface area contributed by atoms with Crippen molar-refractivity contribution in [3.63, 3.8) is 0 Å². The number of carbonyl (C=O) groups excluding carboxylic acids is 1. The predicted molar refractivity (Wildman–Crippen MR) is 111 cm³/mol. The van der Waals surface area contributed by atoms with E-state index in [1.165, 1.54) is 6.20 Å². The van der Waals surface area contributed by atoms with Gasteiger partial charge in [-0.3, -0.25) is 14.5 Å². The number of halogens is 1. The minimum atomic E-state index is -3.35. The number of anilines is 1. The van der Waals surface area contributed by atoms with Crippen LogP contribution in [-0.2, 0) is 10.0 Å². The van der Waals surface area contributed by atoms with Gasteiger partial charge in [-0.2, -0.15) is 0 Å². The summed E-state index contributed by atoms with van der Waals surface area (Å²) < 4.78 is 25.0. The molecule has 1 atom stereocenters. The predicted octanol–water partition coefficient (Wildman–Crippen LogP) is 4.13. The van der Waals surface area contributed by atoms with Crippen molar-refractivity contribution in [2.75, 3.05) is 11.0 Å². The molecule has 28 heavy (non-hydrogen) atoms. The average molecular weight is 418 g/mol. The van der Waals surface area contributed by atoms with E-state index in [-0.39, 0.29) is 11.7 Å². The topological polar surface area (TPSA) is 91.9 Å². The van der Waals surface area contributed by atoms with Gasteiger partial charge in [0.25, 0.3) is 0 Å². The van der Waals surface area contributed by atoms with E-state index in [1.807, 2.05) is 26.0 Å². The third-order valence-corrected chi connectivity index (χ3v) is 5.24. The summed E-state index contributed by atoms with van der Waals surface area (Å²) in [6.07, 6.45) is 2.53. The number of ketones is 1. The Morgan fingerprint density at radius 1 is 1.18 bits per heavy atom. The third-order valence-electron chi connectivity index (χ3n) is 4.33. The normalized spacial score (nSPS) is 12.6.